The van der Waals surface area contributed by atoms with Crippen LogP contribution in [0.4, 0.5) is 11.4 Å². The molecule has 0 aliphatic carbocycles. The lowest BCUT2D eigenvalue weighted by atomic mass is 10.1. The first-order valence-electron chi connectivity index (χ1n) is 9.20. The normalized spacial score (nSPS) is 13.8. The Bertz CT molecular complexity index is 1020. The summed E-state index contributed by atoms with van der Waals surface area (Å²) in [6.07, 6.45) is 3.67. The summed E-state index contributed by atoms with van der Waals surface area (Å²) in [5, 5.41) is 4.29. The number of amides is 1. The number of benzene rings is 1. The molecule has 4 rings (SSSR count). The number of morpholine rings is 1. The van der Waals surface area contributed by atoms with Gasteiger partial charge in [0, 0.05) is 40.9 Å². The van der Waals surface area contributed by atoms with Crippen molar-refractivity contribution in [3.8, 4) is 0 Å². The molecule has 0 atom stereocenters. The Kier molecular flexibility index (Phi) is 6.95. The molecule has 1 N–H and O–H groups in total. The molecule has 152 valence electrons. The number of carbonyl (C=O) groups excluding carboxylic acids is 1. The van der Waals surface area contributed by atoms with Crippen molar-refractivity contribution in [2.24, 2.45) is 0 Å². The van der Waals surface area contributed by atoms with Crippen LogP contribution in [0.3, 0.4) is 0 Å². The average Bonchev–Trinajstić information content (AvgIpc) is 2.74. The van der Waals surface area contributed by atoms with Gasteiger partial charge in [0.1, 0.15) is 0 Å². The van der Waals surface area contributed by atoms with E-state index in [4.69, 9.17) is 4.74 Å². The van der Waals surface area contributed by atoms with E-state index < -0.39 is 0 Å². The average molecular weight is 431 g/mol. The minimum atomic E-state index is -0.0400. The Labute approximate surface area is 180 Å². The van der Waals surface area contributed by atoms with Crippen molar-refractivity contribution in [2.45, 2.75) is 11.8 Å². The zero-order chi connectivity index (χ0) is 19.5. The maximum Gasteiger partial charge on any atom is 0.257 e. The molecule has 3 aromatic rings. The summed E-state index contributed by atoms with van der Waals surface area (Å²) >= 11 is 1.68. The lowest BCUT2D eigenvalue weighted by molar-refractivity contribution is 0.0303. The van der Waals surface area contributed by atoms with Gasteiger partial charge >= 0.3 is 0 Å². The molecule has 8 heteroatoms. The molecular formula is C21H23ClN4O2S. The fourth-order valence-corrected chi connectivity index (χ4v) is 3.71. The molecule has 0 bridgehead atoms. The highest BCUT2D eigenvalue weighted by Crippen LogP contribution is 2.31. The number of anilines is 2. The fraction of sp³-hybridized carbons (Fsp3) is 0.286. The number of fused-ring (bicyclic) bond motifs is 1. The van der Waals surface area contributed by atoms with Gasteiger partial charge in [-0.3, -0.25) is 4.79 Å². The second-order valence-electron chi connectivity index (χ2n) is 6.63. The van der Waals surface area contributed by atoms with Gasteiger partial charge < -0.3 is 15.0 Å². The van der Waals surface area contributed by atoms with Crippen LogP contribution in [0.25, 0.3) is 11.0 Å². The van der Waals surface area contributed by atoms with Gasteiger partial charge in [-0.25, -0.2) is 9.97 Å². The molecule has 1 aliphatic rings. The summed E-state index contributed by atoms with van der Waals surface area (Å²) in [4.78, 5) is 25.2. The number of halogens is 1. The van der Waals surface area contributed by atoms with Crippen molar-refractivity contribution in [3.05, 3.63) is 53.9 Å². The molecule has 1 aliphatic heterocycles. The first kappa shape index (κ1) is 21.4. The van der Waals surface area contributed by atoms with Gasteiger partial charge in [-0.2, -0.15) is 0 Å². The number of thioether (sulfide) groups is 1. The van der Waals surface area contributed by atoms with Gasteiger partial charge in [0.15, 0.2) is 5.65 Å². The molecule has 0 radical (unpaired) electrons. The Morgan fingerprint density at radius 2 is 2.00 bits per heavy atom. The van der Waals surface area contributed by atoms with E-state index in [1.54, 1.807) is 18.0 Å². The van der Waals surface area contributed by atoms with E-state index in [1.807, 2.05) is 42.3 Å². The molecule has 1 saturated heterocycles. The Morgan fingerprint density at radius 1 is 1.21 bits per heavy atom. The number of pyridine rings is 2. The van der Waals surface area contributed by atoms with Crippen molar-refractivity contribution >= 4 is 52.5 Å². The third-order valence-corrected chi connectivity index (χ3v) is 5.46. The molecule has 3 heterocycles. The van der Waals surface area contributed by atoms with Crippen molar-refractivity contribution in [1.29, 1.82) is 0 Å². The van der Waals surface area contributed by atoms with Crippen LogP contribution in [0.2, 0.25) is 0 Å². The number of hydrogen-bond donors (Lipinski definition) is 1. The number of aryl methyl sites for hydroxylation is 1. The number of hydrogen-bond acceptors (Lipinski definition) is 6. The van der Waals surface area contributed by atoms with Gasteiger partial charge in [-0.05, 0) is 43.5 Å². The molecule has 0 spiro atoms. The molecule has 1 amide bonds. The molecule has 6 nitrogen and oxygen atoms in total. The largest absolute Gasteiger partial charge is 0.378 e. The lowest BCUT2D eigenvalue weighted by Crippen LogP contribution is -2.41. The predicted molar refractivity (Wildman–Crippen MR) is 120 cm³/mol. The summed E-state index contributed by atoms with van der Waals surface area (Å²) in [5.41, 5.74) is 3.74. The highest BCUT2D eigenvalue weighted by Gasteiger charge is 2.23. The van der Waals surface area contributed by atoms with Crippen LogP contribution in [0, 0.1) is 6.92 Å². The zero-order valence-corrected chi connectivity index (χ0v) is 18.0. The first-order valence-corrected chi connectivity index (χ1v) is 10.4. The molecule has 0 unspecified atom stereocenters. The van der Waals surface area contributed by atoms with Crippen LogP contribution in [-0.4, -0.2) is 53.3 Å². The molecule has 0 saturated carbocycles. The van der Waals surface area contributed by atoms with E-state index in [2.05, 4.69) is 27.4 Å². The monoisotopic (exact) mass is 430 g/mol. The second kappa shape index (κ2) is 9.43. The second-order valence-corrected chi connectivity index (χ2v) is 7.51. The van der Waals surface area contributed by atoms with Gasteiger partial charge in [0.25, 0.3) is 5.91 Å². The van der Waals surface area contributed by atoms with E-state index in [9.17, 15) is 4.79 Å². The predicted octanol–water partition coefficient (Wildman–Crippen LogP) is 4.30. The minimum absolute atomic E-state index is 0. The summed E-state index contributed by atoms with van der Waals surface area (Å²) in [6, 6.07) is 12.0. The maximum absolute atomic E-state index is 13.2. The van der Waals surface area contributed by atoms with Crippen LogP contribution in [0.15, 0.2) is 47.5 Å². The van der Waals surface area contributed by atoms with Crippen LogP contribution >= 0.6 is 24.2 Å². The summed E-state index contributed by atoms with van der Waals surface area (Å²) in [7, 11) is 0. The Balaban J connectivity index is 0.00000240. The first-order chi connectivity index (χ1) is 13.7. The number of nitrogens with zero attached hydrogens (tertiary/aromatic N) is 3. The lowest BCUT2D eigenvalue weighted by Gasteiger charge is -2.27. The van der Waals surface area contributed by atoms with E-state index >= 15 is 0 Å². The van der Waals surface area contributed by atoms with Crippen LogP contribution in [0.1, 0.15) is 16.1 Å². The van der Waals surface area contributed by atoms with Crippen molar-refractivity contribution < 1.29 is 9.53 Å². The molecule has 1 fully saturated rings. The molecule has 2 aromatic heterocycles. The van der Waals surface area contributed by atoms with Gasteiger partial charge in [0.2, 0.25) is 0 Å². The van der Waals surface area contributed by atoms with E-state index in [0.29, 0.717) is 37.5 Å². The summed E-state index contributed by atoms with van der Waals surface area (Å²) < 4.78 is 5.38. The van der Waals surface area contributed by atoms with Crippen molar-refractivity contribution in [2.75, 3.05) is 37.9 Å². The Hall–Kier alpha value is -2.35. The third-order valence-electron chi connectivity index (χ3n) is 4.74. The number of aromatic nitrogens is 2. The molecule has 29 heavy (non-hydrogen) atoms. The van der Waals surface area contributed by atoms with Gasteiger partial charge in [-0.15, -0.1) is 24.2 Å². The topological polar surface area (TPSA) is 67.4 Å². The minimum Gasteiger partial charge on any atom is -0.378 e. The quantitative estimate of drug-likeness (QED) is 0.622. The number of nitrogens with one attached hydrogen (secondary N) is 1. The van der Waals surface area contributed by atoms with E-state index in [-0.39, 0.29) is 18.3 Å². The zero-order valence-electron chi connectivity index (χ0n) is 16.3. The standard InChI is InChI=1S/C21H22N4O2S.ClH/c1-14-6-7-17-19(24-15-4-3-5-16(12-15)28-2)18(13-22-20(17)23-14)21(26)25-8-10-27-11-9-25;/h3-7,12-13H,8-11H2,1-2H3,(H,22,23,24);1H. The van der Waals surface area contributed by atoms with E-state index in [0.717, 1.165) is 27.4 Å². The summed E-state index contributed by atoms with van der Waals surface area (Å²) in [6.45, 7) is 4.23. The third kappa shape index (κ3) is 4.63. The van der Waals surface area contributed by atoms with Crippen LogP contribution in [0.5, 0.6) is 0 Å². The molecular weight excluding hydrogens is 408 g/mol. The molecule has 1 aromatic carbocycles. The highest BCUT2D eigenvalue weighted by molar-refractivity contribution is 7.98. The van der Waals surface area contributed by atoms with Crippen LogP contribution < -0.4 is 5.32 Å². The number of carbonyl (C=O) groups is 1. The smallest absolute Gasteiger partial charge is 0.257 e. The van der Waals surface area contributed by atoms with Crippen molar-refractivity contribution in [1.82, 2.24) is 14.9 Å². The van der Waals surface area contributed by atoms with Gasteiger partial charge in [0.05, 0.1) is 24.5 Å². The van der Waals surface area contributed by atoms with Crippen molar-refractivity contribution in [3.63, 3.8) is 0 Å². The van der Waals surface area contributed by atoms with E-state index in [1.165, 1.54) is 0 Å². The highest BCUT2D eigenvalue weighted by atomic mass is 35.5. The van der Waals surface area contributed by atoms with Crippen LogP contribution in [-0.2, 0) is 4.74 Å². The fourth-order valence-electron chi connectivity index (χ4n) is 3.25. The number of rotatable bonds is 4. The summed E-state index contributed by atoms with van der Waals surface area (Å²) in [5.74, 6) is -0.0400. The SMILES string of the molecule is CSc1cccc(Nc2c(C(=O)N3CCOCC3)cnc3nc(C)ccc23)c1.Cl. The van der Waals surface area contributed by atoms with Gasteiger partial charge in [-0.1, -0.05) is 6.07 Å². The Morgan fingerprint density at radius 3 is 2.76 bits per heavy atom. The maximum atomic E-state index is 13.2. The number of ether oxygens (including phenoxy) is 1.